The smallest absolute Gasteiger partial charge is 0.139 e. The minimum atomic E-state index is -0.00568. The Hall–Kier alpha value is -2.52. The molecule has 3 aromatic carbocycles. The molecular weight excluding hydrogens is 322 g/mol. The fraction of sp³-hybridized carbons (Fsp3) is 0.304. The molecule has 0 amide bonds. The highest BCUT2D eigenvalue weighted by Crippen LogP contribution is 2.45. The van der Waals surface area contributed by atoms with Crippen LogP contribution in [-0.2, 0) is 4.74 Å². The Morgan fingerprint density at radius 1 is 1.00 bits per heavy atom. The van der Waals surface area contributed by atoms with Gasteiger partial charge in [0.05, 0.1) is 17.8 Å². The number of phenols is 1. The highest BCUT2D eigenvalue weighted by atomic mass is 16.5. The molecule has 3 heteroatoms. The van der Waals surface area contributed by atoms with Crippen molar-refractivity contribution in [1.29, 1.82) is 0 Å². The van der Waals surface area contributed by atoms with Gasteiger partial charge in [0, 0.05) is 18.6 Å². The summed E-state index contributed by atoms with van der Waals surface area (Å²) >= 11 is 0. The zero-order chi connectivity index (χ0) is 17.9. The zero-order valence-corrected chi connectivity index (χ0v) is 15.1. The van der Waals surface area contributed by atoms with Crippen LogP contribution in [-0.4, -0.2) is 11.7 Å². The molecule has 2 N–H and O–H groups in total. The van der Waals surface area contributed by atoms with Crippen molar-refractivity contribution in [3.63, 3.8) is 0 Å². The van der Waals surface area contributed by atoms with Crippen molar-refractivity contribution in [1.82, 2.24) is 0 Å². The van der Waals surface area contributed by atoms with E-state index in [1.165, 1.54) is 16.3 Å². The molecule has 3 nitrogen and oxygen atoms in total. The van der Waals surface area contributed by atoms with E-state index in [1.807, 2.05) is 6.07 Å². The van der Waals surface area contributed by atoms with Crippen LogP contribution >= 0.6 is 0 Å². The van der Waals surface area contributed by atoms with Crippen LogP contribution in [0.2, 0.25) is 0 Å². The fourth-order valence-electron chi connectivity index (χ4n) is 3.84. The van der Waals surface area contributed by atoms with Gasteiger partial charge >= 0.3 is 0 Å². The van der Waals surface area contributed by atoms with Gasteiger partial charge in [0.1, 0.15) is 5.75 Å². The van der Waals surface area contributed by atoms with Gasteiger partial charge in [0.15, 0.2) is 0 Å². The third kappa shape index (κ3) is 3.15. The Kier molecular flexibility index (Phi) is 4.81. The van der Waals surface area contributed by atoms with E-state index in [0.717, 1.165) is 37.1 Å². The van der Waals surface area contributed by atoms with Crippen LogP contribution in [0.3, 0.4) is 0 Å². The first kappa shape index (κ1) is 16.9. The van der Waals surface area contributed by atoms with E-state index in [4.69, 9.17) is 4.74 Å². The Balaban J connectivity index is 1.73. The molecule has 134 valence electrons. The van der Waals surface area contributed by atoms with Gasteiger partial charge in [-0.2, -0.15) is 0 Å². The number of para-hydroxylation sites is 1. The molecule has 2 unspecified atom stereocenters. The normalized spacial score (nSPS) is 19.1. The molecule has 0 aliphatic carbocycles. The molecular formula is C23H25NO2. The van der Waals surface area contributed by atoms with E-state index in [1.54, 1.807) is 6.07 Å². The molecule has 2 atom stereocenters. The van der Waals surface area contributed by atoms with Crippen LogP contribution < -0.4 is 5.32 Å². The second-order valence-electron chi connectivity index (χ2n) is 6.96. The average molecular weight is 347 g/mol. The van der Waals surface area contributed by atoms with E-state index in [0.29, 0.717) is 0 Å². The predicted octanol–water partition coefficient (Wildman–Crippen LogP) is 5.96. The minimum Gasteiger partial charge on any atom is -0.506 e. The summed E-state index contributed by atoms with van der Waals surface area (Å²) in [5.74, 6) is 0.288. The number of phenolic OH excluding ortho intramolecular Hbond substituents is 1. The maximum Gasteiger partial charge on any atom is 0.139 e. The maximum atomic E-state index is 10.4. The van der Waals surface area contributed by atoms with Crippen molar-refractivity contribution < 1.29 is 9.84 Å². The summed E-state index contributed by atoms with van der Waals surface area (Å²) in [6, 6.07) is 20.7. The summed E-state index contributed by atoms with van der Waals surface area (Å²) in [4.78, 5) is 0. The molecule has 0 spiro atoms. The second-order valence-corrected chi connectivity index (χ2v) is 6.96. The number of fused-ring (bicyclic) bond motifs is 2. The lowest BCUT2D eigenvalue weighted by Crippen LogP contribution is -2.23. The molecule has 0 fully saturated rings. The van der Waals surface area contributed by atoms with Gasteiger partial charge in [0.2, 0.25) is 0 Å². The molecule has 1 aliphatic rings. The predicted molar refractivity (Wildman–Crippen MR) is 107 cm³/mol. The van der Waals surface area contributed by atoms with Gasteiger partial charge in [-0.05, 0) is 28.8 Å². The van der Waals surface area contributed by atoms with Crippen molar-refractivity contribution in [2.45, 2.75) is 38.3 Å². The van der Waals surface area contributed by atoms with Gasteiger partial charge in [0.25, 0.3) is 0 Å². The highest BCUT2D eigenvalue weighted by molar-refractivity contribution is 5.86. The number of benzene rings is 3. The average Bonchev–Trinajstić information content (AvgIpc) is 2.68. The van der Waals surface area contributed by atoms with Crippen LogP contribution in [0.15, 0.2) is 60.7 Å². The lowest BCUT2D eigenvalue weighted by atomic mass is 9.88. The van der Waals surface area contributed by atoms with Crippen LogP contribution in [0.25, 0.3) is 10.8 Å². The van der Waals surface area contributed by atoms with Crippen LogP contribution in [0.5, 0.6) is 5.75 Å². The second kappa shape index (κ2) is 7.38. The Morgan fingerprint density at radius 2 is 1.77 bits per heavy atom. The standard InChI is InChI=1S/C23H25NO2/c1-2-3-14-26-22-15-20(24-23-19(22)12-7-13-21(23)25)18-11-6-9-16-8-4-5-10-17(16)18/h4-13,20,22,24-25H,2-3,14-15H2,1H3. The number of ether oxygens (including phenoxy) is 1. The molecule has 4 rings (SSSR count). The lowest BCUT2D eigenvalue weighted by Gasteiger charge is -2.34. The maximum absolute atomic E-state index is 10.4. The monoisotopic (exact) mass is 347 g/mol. The van der Waals surface area contributed by atoms with Crippen molar-refractivity contribution in [3.05, 3.63) is 71.8 Å². The van der Waals surface area contributed by atoms with Gasteiger partial charge in [-0.15, -0.1) is 0 Å². The molecule has 0 aromatic heterocycles. The zero-order valence-electron chi connectivity index (χ0n) is 15.1. The van der Waals surface area contributed by atoms with Crippen LogP contribution in [0, 0.1) is 0 Å². The first-order valence-electron chi connectivity index (χ1n) is 9.45. The first-order valence-corrected chi connectivity index (χ1v) is 9.45. The summed E-state index contributed by atoms with van der Waals surface area (Å²) < 4.78 is 6.22. The molecule has 0 saturated heterocycles. The van der Waals surface area contributed by atoms with E-state index in [2.05, 4.69) is 60.8 Å². The molecule has 0 saturated carbocycles. The number of hydrogen-bond donors (Lipinski definition) is 2. The molecule has 3 aromatic rings. The van der Waals surface area contributed by atoms with Crippen molar-refractivity contribution >= 4 is 16.5 Å². The fourth-order valence-corrected chi connectivity index (χ4v) is 3.84. The molecule has 1 aliphatic heterocycles. The molecule has 26 heavy (non-hydrogen) atoms. The number of aromatic hydroxyl groups is 1. The van der Waals surface area contributed by atoms with Crippen LogP contribution in [0.1, 0.15) is 49.5 Å². The molecule has 0 bridgehead atoms. The number of nitrogens with one attached hydrogen (secondary N) is 1. The van der Waals surface area contributed by atoms with E-state index >= 15 is 0 Å². The summed E-state index contributed by atoms with van der Waals surface area (Å²) in [5.41, 5.74) is 3.11. The third-order valence-corrected chi connectivity index (χ3v) is 5.21. The van der Waals surface area contributed by atoms with Gasteiger partial charge in [-0.25, -0.2) is 0 Å². The number of anilines is 1. The van der Waals surface area contributed by atoms with Crippen molar-refractivity contribution in [2.24, 2.45) is 0 Å². The van der Waals surface area contributed by atoms with E-state index in [-0.39, 0.29) is 17.9 Å². The quantitative estimate of drug-likeness (QED) is 0.442. The SMILES string of the molecule is CCCCOC1CC(c2cccc3ccccc23)Nc2c(O)cccc21. The van der Waals surface area contributed by atoms with Crippen molar-refractivity contribution in [3.8, 4) is 5.75 Å². The van der Waals surface area contributed by atoms with E-state index < -0.39 is 0 Å². The van der Waals surface area contributed by atoms with Gasteiger partial charge in [-0.3, -0.25) is 0 Å². The van der Waals surface area contributed by atoms with Gasteiger partial charge in [-0.1, -0.05) is 67.9 Å². The first-order chi connectivity index (χ1) is 12.8. The summed E-state index contributed by atoms with van der Waals surface area (Å²) in [7, 11) is 0. The highest BCUT2D eigenvalue weighted by Gasteiger charge is 2.30. The molecule has 0 radical (unpaired) electrons. The lowest BCUT2D eigenvalue weighted by molar-refractivity contribution is 0.0388. The van der Waals surface area contributed by atoms with Crippen molar-refractivity contribution in [2.75, 3.05) is 11.9 Å². The van der Waals surface area contributed by atoms with E-state index in [9.17, 15) is 5.11 Å². The Morgan fingerprint density at radius 3 is 2.65 bits per heavy atom. The number of hydrogen-bond acceptors (Lipinski definition) is 3. The largest absolute Gasteiger partial charge is 0.506 e. The Labute approximate surface area is 154 Å². The molecule has 1 heterocycles. The number of rotatable bonds is 5. The minimum absolute atomic E-state index is 0.00568. The topological polar surface area (TPSA) is 41.5 Å². The summed E-state index contributed by atoms with van der Waals surface area (Å²) in [6.45, 7) is 2.92. The van der Waals surface area contributed by atoms with Crippen LogP contribution in [0.4, 0.5) is 5.69 Å². The summed E-state index contributed by atoms with van der Waals surface area (Å²) in [6.07, 6.45) is 3.02. The third-order valence-electron chi connectivity index (χ3n) is 5.21. The Bertz CT molecular complexity index is 900. The summed E-state index contributed by atoms with van der Waals surface area (Å²) in [5, 5.41) is 16.5. The number of unbranched alkanes of at least 4 members (excludes halogenated alkanes) is 1. The van der Waals surface area contributed by atoms with Gasteiger partial charge < -0.3 is 15.2 Å².